The van der Waals surface area contributed by atoms with Crippen molar-refractivity contribution < 1.29 is 9.13 Å². The van der Waals surface area contributed by atoms with Crippen molar-refractivity contribution in [1.29, 1.82) is 0 Å². The maximum Gasteiger partial charge on any atom is 0.350 e. The van der Waals surface area contributed by atoms with E-state index in [0.29, 0.717) is 18.2 Å². The number of benzene rings is 2. The minimum absolute atomic E-state index is 0.265. The van der Waals surface area contributed by atoms with Crippen molar-refractivity contribution in [3.05, 3.63) is 76.2 Å². The molecule has 0 bridgehead atoms. The molecule has 2 heterocycles. The summed E-state index contributed by atoms with van der Waals surface area (Å²) >= 11 is 0. The van der Waals surface area contributed by atoms with E-state index in [0.717, 1.165) is 30.0 Å². The average molecular weight is 369 g/mol. The number of methoxy groups -OCH3 is 1. The van der Waals surface area contributed by atoms with Crippen molar-refractivity contribution in [2.24, 2.45) is 0 Å². The Labute approximate surface area is 155 Å². The minimum atomic E-state index is -0.304. The van der Waals surface area contributed by atoms with Gasteiger partial charge in [-0.25, -0.2) is 9.18 Å². The molecule has 0 spiro atoms. The van der Waals surface area contributed by atoms with Gasteiger partial charge in [-0.05, 0) is 29.3 Å². The van der Waals surface area contributed by atoms with Gasteiger partial charge in [0.2, 0.25) is 0 Å². The zero-order valence-electron chi connectivity index (χ0n) is 14.9. The first-order valence-electron chi connectivity index (χ1n) is 8.68. The van der Waals surface area contributed by atoms with Crippen LogP contribution in [0.15, 0.2) is 53.6 Å². The Kier molecular flexibility index (Phi) is 4.74. The molecule has 8 heteroatoms. The Balaban J connectivity index is 1.63. The molecule has 1 aliphatic heterocycles. The monoisotopic (exact) mass is 369 g/mol. The van der Waals surface area contributed by atoms with Crippen LogP contribution in [-0.4, -0.2) is 34.5 Å². The Morgan fingerprint density at radius 2 is 1.93 bits per heavy atom. The molecule has 0 aliphatic carbocycles. The summed E-state index contributed by atoms with van der Waals surface area (Å²) in [5.74, 6) is 0.728. The molecule has 0 atom stereocenters. The van der Waals surface area contributed by atoms with Gasteiger partial charge in [-0.3, -0.25) is 15.4 Å². The predicted octanol–water partition coefficient (Wildman–Crippen LogP) is 1.42. The summed E-state index contributed by atoms with van der Waals surface area (Å²) < 4.78 is 21.4. The molecule has 1 aliphatic rings. The van der Waals surface area contributed by atoms with Crippen LogP contribution < -0.4 is 21.3 Å². The molecule has 2 N–H and O–H groups in total. The normalized spacial score (nSPS) is 14.6. The lowest BCUT2D eigenvalue weighted by Gasteiger charge is -2.14. The van der Waals surface area contributed by atoms with Crippen molar-refractivity contribution in [1.82, 2.24) is 25.2 Å². The molecular formula is C19H20FN5O2. The van der Waals surface area contributed by atoms with Gasteiger partial charge in [0.15, 0.2) is 0 Å². The van der Waals surface area contributed by atoms with Crippen LogP contribution in [0.25, 0.3) is 5.69 Å². The lowest BCUT2D eigenvalue weighted by Crippen LogP contribution is -2.24. The van der Waals surface area contributed by atoms with Crippen LogP contribution in [0.4, 0.5) is 4.39 Å². The van der Waals surface area contributed by atoms with Crippen LogP contribution >= 0.6 is 0 Å². The van der Waals surface area contributed by atoms with Crippen molar-refractivity contribution in [2.45, 2.75) is 12.5 Å². The Bertz CT molecular complexity index is 990. The molecule has 140 valence electrons. The maximum absolute atomic E-state index is 13.0. The van der Waals surface area contributed by atoms with Gasteiger partial charge in [0, 0.05) is 25.1 Å². The molecule has 4 rings (SSSR count). The van der Waals surface area contributed by atoms with Gasteiger partial charge >= 0.3 is 5.69 Å². The summed E-state index contributed by atoms with van der Waals surface area (Å²) in [7, 11) is 1.62. The Morgan fingerprint density at radius 3 is 2.63 bits per heavy atom. The average Bonchev–Trinajstić information content (AvgIpc) is 3.34. The van der Waals surface area contributed by atoms with Gasteiger partial charge in [0.1, 0.15) is 17.9 Å². The number of hydrogen-bond donors (Lipinski definition) is 2. The number of hydrogen-bond acceptors (Lipinski definition) is 5. The molecule has 2 aromatic carbocycles. The van der Waals surface area contributed by atoms with E-state index < -0.39 is 0 Å². The molecule has 3 aromatic rings. The molecule has 1 fully saturated rings. The highest BCUT2D eigenvalue weighted by Crippen LogP contribution is 2.29. The fourth-order valence-electron chi connectivity index (χ4n) is 3.26. The Morgan fingerprint density at radius 1 is 1.19 bits per heavy atom. The summed E-state index contributed by atoms with van der Waals surface area (Å²) in [6.45, 7) is 1.97. The van der Waals surface area contributed by atoms with Gasteiger partial charge in [-0.15, -0.1) is 0 Å². The van der Waals surface area contributed by atoms with Crippen LogP contribution in [0.1, 0.15) is 17.0 Å². The van der Waals surface area contributed by atoms with Crippen molar-refractivity contribution in [3.8, 4) is 11.4 Å². The highest BCUT2D eigenvalue weighted by molar-refractivity contribution is 5.46. The second-order valence-corrected chi connectivity index (χ2v) is 6.46. The minimum Gasteiger partial charge on any atom is -0.496 e. The molecule has 0 unspecified atom stereocenters. The number of rotatable bonds is 5. The van der Waals surface area contributed by atoms with Crippen molar-refractivity contribution in [3.63, 3.8) is 0 Å². The van der Waals surface area contributed by atoms with Crippen LogP contribution in [-0.2, 0) is 6.54 Å². The molecule has 0 saturated carbocycles. The summed E-state index contributed by atoms with van der Waals surface area (Å²) in [6, 6.07) is 11.7. The third kappa shape index (κ3) is 3.49. The molecule has 1 saturated heterocycles. The van der Waals surface area contributed by atoms with E-state index in [1.807, 2.05) is 18.2 Å². The van der Waals surface area contributed by atoms with E-state index in [2.05, 4.69) is 16.0 Å². The largest absolute Gasteiger partial charge is 0.496 e. The smallest absolute Gasteiger partial charge is 0.350 e. The first-order valence-corrected chi connectivity index (χ1v) is 8.68. The fourth-order valence-corrected chi connectivity index (χ4v) is 3.26. The molecule has 27 heavy (non-hydrogen) atoms. The maximum atomic E-state index is 13.0. The SMILES string of the molecule is COc1cc(-n2ncn(Cc3ccc(F)cc3)c2=O)ccc1C1CNNC1. The third-order valence-electron chi connectivity index (χ3n) is 4.72. The van der Waals surface area contributed by atoms with Gasteiger partial charge in [0.25, 0.3) is 0 Å². The van der Waals surface area contributed by atoms with Gasteiger partial charge in [-0.1, -0.05) is 18.2 Å². The van der Waals surface area contributed by atoms with Gasteiger partial charge in [0.05, 0.1) is 19.3 Å². The molecule has 7 nitrogen and oxygen atoms in total. The number of nitrogens with zero attached hydrogens (tertiary/aromatic N) is 3. The standard InChI is InChI=1S/C19H20FN5O2/c1-27-18-8-16(6-7-17(18)14-9-21-22-10-14)25-19(26)24(12-23-25)11-13-2-4-15(20)5-3-13/h2-8,12,14,21-22H,9-11H2,1H3. The number of hydrazine groups is 1. The molecule has 0 radical (unpaired) electrons. The van der Waals surface area contributed by atoms with E-state index in [4.69, 9.17) is 4.74 Å². The van der Waals surface area contributed by atoms with E-state index in [9.17, 15) is 9.18 Å². The van der Waals surface area contributed by atoms with Crippen LogP contribution in [0.2, 0.25) is 0 Å². The first kappa shape index (κ1) is 17.4. The third-order valence-corrected chi connectivity index (χ3v) is 4.72. The van der Waals surface area contributed by atoms with E-state index >= 15 is 0 Å². The summed E-state index contributed by atoms with van der Waals surface area (Å²) in [5, 5.41) is 4.22. The summed E-state index contributed by atoms with van der Waals surface area (Å²) in [4.78, 5) is 12.7. The van der Waals surface area contributed by atoms with E-state index in [-0.39, 0.29) is 11.5 Å². The Hall–Kier alpha value is -2.97. The first-order chi connectivity index (χ1) is 13.2. The van der Waals surface area contributed by atoms with Crippen LogP contribution in [0.5, 0.6) is 5.75 Å². The quantitative estimate of drug-likeness (QED) is 0.712. The fraction of sp³-hybridized carbons (Fsp3) is 0.263. The topological polar surface area (TPSA) is 73.1 Å². The predicted molar refractivity (Wildman–Crippen MR) is 98.6 cm³/mol. The van der Waals surface area contributed by atoms with E-state index in [1.54, 1.807) is 19.2 Å². The van der Waals surface area contributed by atoms with Gasteiger partial charge < -0.3 is 4.74 Å². The van der Waals surface area contributed by atoms with Crippen LogP contribution in [0.3, 0.4) is 0 Å². The van der Waals surface area contributed by atoms with Gasteiger partial charge in [-0.2, -0.15) is 9.78 Å². The van der Waals surface area contributed by atoms with Crippen molar-refractivity contribution >= 4 is 0 Å². The second-order valence-electron chi connectivity index (χ2n) is 6.46. The molecular weight excluding hydrogens is 349 g/mol. The lowest BCUT2D eigenvalue weighted by atomic mass is 9.99. The number of halogens is 1. The number of nitrogens with one attached hydrogen (secondary N) is 2. The number of aromatic nitrogens is 3. The molecule has 1 aromatic heterocycles. The zero-order chi connectivity index (χ0) is 18.8. The number of ether oxygens (including phenoxy) is 1. The highest BCUT2D eigenvalue weighted by Gasteiger charge is 2.21. The summed E-state index contributed by atoms with van der Waals surface area (Å²) in [6.07, 6.45) is 1.48. The lowest BCUT2D eigenvalue weighted by molar-refractivity contribution is 0.406. The molecule has 0 amide bonds. The zero-order valence-corrected chi connectivity index (χ0v) is 14.9. The highest BCUT2D eigenvalue weighted by atomic mass is 19.1. The van der Waals surface area contributed by atoms with E-state index in [1.165, 1.54) is 27.7 Å². The van der Waals surface area contributed by atoms with Crippen LogP contribution in [0, 0.1) is 5.82 Å². The second kappa shape index (κ2) is 7.34. The van der Waals surface area contributed by atoms with Crippen molar-refractivity contribution in [2.75, 3.05) is 20.2 Å². The summed E-state index contributed by atoms with van der Waals surface area (Å²) in [5.41, 5.74) is 8.49.